The molecule has 0 radical (unpaired) electrons. The lowest BCUT2D eigenvalue weighted by Crippen LogP contribution is -2.36. The fourth-order valence-corrected chi connectivity index (χ4v) is 2.16. The van der Waals surface area contributed by atoms with Gasteiger partial charge in [-0.3, -0.25) is 4.90 Å². The first-order valence-corrected chi connectivity index (χ1v) is 6.41. The van der Waals surface area contributed by atoms with Gasteiger partial charge in [0.2, 0.25) is 0 Å². The summed E-state index contributed by atoms with van der Waals surface area (Å²) in [5, 5.41) is 10.1. The molecular formula is C13H17ClF3NO. The van der Waals surface area contributed by atoms with Crippen LogP contribution in [0.15, 0.2) is 18.2 Å². The summed E-state index contributed by atoms with van der Waals surface area (Å²) >= 11 is 5.82. The molecule has 0 aliphatic heterocycles. The number of rotatable bonds is 5. The first-order chi connectivity index (χ1) is 8.74. The molecule has 1 aromatic carbocycles. The molecule has 1 unspecified atom stereocenters. The smallest absolute Gasteiger partial charge is 0.401 e. The van der Waals surface area contributed by atoms with Crippen molar-refractivity contribution in [2.45, 2.75) is 32.5 Å². The molecule has 0 amide bonds. The van der Waals surface area contributed by atoms with E-state index in [4.69, 9.17) is 11.6 Å². The van der Waals surface area contributed by atoms with Gasteiger partial charge in [-0.15, -0.1) is 0 Å². The maximum atomic E-state index is 12.6. The zero-order chi connectivity index (χ0) is 14.6. The molecule has 0 saturated carbocycles. The molecule has 2 nitrogen and oxygen atoms in total. The summed E-state index contributed by atoms with van der Waals surface area (Å²) < 4.78 is 37.7. The van der Waals surface area contributed by atoms with Crippen LogP contribution in [0.5, 0.6) is 5.75 Å². The zero-order valence-corrected chi connectivity index (χ0v) is 11.6. The average Bonchev–Trinajstić information content (AvgIpc) is 2.29. The Labute approximate surface area is 115 Å². The van der Waals surface area contributed by atoms with Gasteiger partial charge in [0.05, 0.1) is 6.54 Å². The normalized spacial score (nSPS) is 13.8. The fourth-order valence-electron chi connectivity index (χ4n) is 1.98. The number of phenols is 1. The van der Waals surface area contributed by atoms with E-state index in [0.717, 1.165) is 0 Å². The van der Waals surface area contributed by atoms with Crippen LogP contribution in [0, 0.1) is 0 Å². The van der Waals surface area contributed by atoms with Crippen LogP contribution in [0.1, 0.15) is 31.9 Å². The van der Waals surface area contributed by atoms with Gasteiger partial charge in [-0.2, -0.15) is 13.2 Å². The summed E-state index contributed by atoms with van der Waals surface area (Å²) in [5.74, 6) is -0.0415. The van der Waals surface area contributed by atoms with E-state index in [1.807, 2.05) is 6.92 Å². The minimum atomic E-state index is -4.27. The Hall–Kier alpha value is -0.940. The predicted octanol–water partition coefficient (Wildman–Crippen LogP) is 4.38. The first-order valence-electron chi connectivity index (χ1n) is 6.03. The summed E-state index contributed by atoms with van der Waals surface area (Å²) in [7, 11) is 0. The Morgan fingerprint density at radius 3 is 2.53 bits per heavy atom. The van der Waals surface area contributed by atoms with Crippen LogP contribution in [0.2, 0.25) is 5.02 Å². The molecule has 1 aromatic rings. The molecule has 0 aromatic heterocycles. The van der Waals surface area contributed by atoms with Crippen LogP contribution < -0.4 is 0 Å². The number of hydrogen-bond acceptors (Lipinski definition) is 2. The van der Waals surface area contributed by atoms with Crippen molar-refractivity contribution >= 4 is 11.6 Å². The van der Waals surface area contributed by atoms with E-state index < -0.39 is 18.8 Å². The highest BCUT2D eigenvalue weighted by molar-refractivity contribution is 6.30. The molecule has 1 atom stereocenters. The van der Waals surface area contributed by atoms with Crippen LogP contribution in [0.3, 0.4) is 0 Å². The molecule has 0 aliphatic carbocycles. The summed E-state index contributed by atoms with van der Waals surface area (Å²) in [5.41, 5.74) is 0.408. The van der Waals surface area contributed by atoms with E-state index in [1.54, 1.807) is 6.92 Å². The summed E-state index contributed by atoms with van der Waals surface area (Å²) in [6.07, 6.45) is -3.67. The predicted molar refractivity (Wildman–Crippen MR) is 69.5 cm³/mol. The summed E-state index contributed by atoms with van der Waals surface area (Å²) in [6.45, 7) is 2.74. The average molecular weight is 296 g/mol. The van der Waals surface area contributed by atoms with E-state index in [9.17, 15) is 18.3 Å². The van der Waals surface area contributed by atoms with Gasteiger partial charge in [0.1, 0.15) is 5.75 Å². The quantitative estimate of drug-likeness (QED) is 0.871. The third-order valence-corrected chi connectivity index (χ3v) is 3.12. The summed E-state index contributed by atoms with van der Waals surface area (Å²) in [4.78, 5) is 1.28. The lowest BCUT2D eigenvalue weighted by atomic mass is 10.1. The highest BCUT2D eigenvalue weighted by atomic mass is 35.5. The van der Waals surface area contributed by atoms with E-state index in [0.29, 0.717) is 23.6 Å². The number of nitrogens with zero attached hydrogens (tertiary/aromatic N) is 1. The molecule has 0 fully saturated rings. The lowest BCUT2D eigenvalue weighted by Gasteiger charge is -2.30. The van der Waals surface area contributed by atoms with Crippen molar-refractivity contribution in [3.63, 3.8) is 0 Å². The van der Waals surface area contributed by atoms with Gasteiger partial charge < -0.3 is 5.11 Å². The molecule has 0 saturated heterocycles. The highest BCUT2D eigenvalue weighted by Gasteiger charge is 2.33. The third kappa shape index (κ3) is 4.91. The Morgan fingerprint density at radius 1 is 1.37 bits per heavy atom. The number of aromatic hydroxyl groups is 1. The van der Waals surface area contributed by atoms with E-state index in [2.05, 4.69) is 0 Å². The molecule has 0 spiro atoms. The standard InChI is InChI=1S/C13H17ClF3NO/c1-3-6-18(8-13(15,16)17)9(2)11-7-10(14)4-5-12(11)19/h4-5,7,9,19H,3,6,8H2,1-2H3. The second-order valence-corrected chi connectivity index (χ2v) is 4.90. The Morgan fingerprint density at radius 2 is 2.00 bits per heavy atom. The molecule has 1 rings (SSSR count). The second-order valence-electron chi connectivity index (χ2n) is 4.46. The maximum Gasteiger partial charge on any atom is 0.401 e. The number of alkyl halides is 3. The van der Waals surface area contributed by atoms with Gasteiger partial charge in [0.15, 0.2) is 0 Å². The van der Waals surface area contributed by atoms with Crippen LogP contribution >= 0.6 is 11.6 Å². The minimum absolute atomic E-state index is 0.0415. The van der Waals surface area contributed by atoms with Gasteiger partial charge in [-0.05, 0) is 38.1 Å². The van der Waals surface area contributed by atoms with E-state index in [1.165, 1.54) is 23.1 Å². The second kappa shape index (κ2) is 6.48. The Balaban J connectivity index is 2.98. The SMILES string of the molecule is CCCN(CC(F)(F)F)C(C)c1cc(Cl)ccc1O. The molecule has 108 valence electrons. The lowest BCUT2D eigenvalue weighted by molar-refractivity contribution is -0.150. The summed E-state index contributed by atoms with van der Waals surface area (Å²) in [6, 6.07) is 3.84. The molecular weight excluding hydrogens is 279 g/mol. The molecule has 0 aliphatic rings. The van der Waals surface area contributed by atoms with Gasteiger partial charge in [-0.1, -0.05) is 18.5 Å². The monoisotopic (exact) mass is 295 g/mol. The third-order valence-electron chi connectivity index (χ3n) is 2.88. The van der Waals surface area contributed by atoms with Gasteiger partial charge >= 0.3 is 6.18 Å². The Bertz CT molecular complexity index is 423. The fraction of sp³-hybridized carbons (Fsp3) is 0.538. The van der Waals surface area contributed by atoms with Gasteiger partial charge in [0, 0.05) is 16.6 Å². The van der Waals surface area contributed by atoms with Crippen molar-refractivity contribution in [2.75, 3.05) is 13.1 Å². The van der Waals surface area contributed by atoms with Crippen molar-refractivity contribution in [1.29, 1.82) is 0 Å². The maximum absolute atomic E-state index is 12.6. The van der Waals surface area contributed by atoms with Crippen molar-refractivity contribution in [1.82, 2.24) is 4.90 Å². The molecule has 6 heteroatoms. The van der Waals surface area contributed by atoms with Crippen LogP contribution in [-0.4, -0.2) is 29.3 Å². The Kier molecular flexibility index (Phi) is 5.50. The van der Waals surface area contributed by atoms with Crippen LogP contribution in [0.4, 0.5) is 13.2 Å². The van der Waals surface area contributed by atoms with Gasteiger partial charge in [0.25, 0.3) is 0 Å². The van der Waals surface area contributed by atoms with Gasteiger partial charge in [-0.25, -0.2) is 0 Å². The number of halogens is 4. The number of hydrogen-bond donors (Lipinski definition) is 1. The molecule has 0 heterocycles. The van der Waals surface area contributed by atoms with E-state index >= 15 is 0 Å². The topological polar surface area (TPSA) is 23.5 Å². The zero-order valence-electron chi connectivity index (χ0n) is 10.8. The van der Waals surface area contributed by atoms with Crippen molar-refractivity contribution < 1.29 is 18.3 Å². The van der Waals surface area contributed by atoms with Crippen molar-refractivity contribution in [2.24, 2.45) is 0 Å². The van der Waals surface area contributed by atoms with Crippen molar-refractivity contribution in [3.8, 4) is 5.75 Å². The largest absolute Gasteiger partial charge is 0.508 e. The number of phenolic OH excluding ortho intramolecular Hbond substituents is 1. The minimum Gasteiger partial charge on any atom is -0.508 e. The van der Waals surface area contributed by atoms with Crippen LogP contribution in [0.25, 0.3) is 0 Å². The van der Waals surface area contributed by atoms with Crippen molar-refractivity contribution in [3.05, 3.63) is 28.8 Å². The van der Waals surface area contributed by atoms with Crippen LogP contribution in [-0.2, 0) is 0 Å². The van der Waals surface area contributed by atoms with E-state index in [-0.39, 0.29) is 5.75 Å². The molecule has 19 heavy (non-hydrogen) atoms. The molecule has 0 bridgehead atoms. The highest BCUT2D eigenvalue weighted by Crippen LogP contribution is 2.32. The molecule has 1 N–H and O–H groups in total. The number of benzene rings is 1. The first kappa shape index (κ1) is 16.1.